The molecule has 5 nitrogen and oxygen atoms in total. The number of hydrogen-bond acceptors (Lipinski definition) is 6. The summed E-state index contributed by atoms with van der Waals surface area (Å²) in [7, 11) is 0. The van der Waals surface area contributed by atoms with Gasteiger partial charge in [0, 0.05) is 26.2 Å². The Labute approximate surface area is 122 Å². The number of piperidine rings is 1. The average molecular weight is 292 g/mol. The molecule has 0 amide bonds. The molecule has 0 bridgehead atoms. The summed E-state index contributed by atoms with van der Waals surface area (Å²) in [4.78, 5) is 12.5. The van der Waals surface area contributed by atoms with Gasteiger partial charge in [-0.25, -0.2) is 4.98 Å². The molecule has 2 N–H and O–H groups in total. The topological polar surface area (TPSA) is 61.3 Å². The van der Waals surface area contributed by atoms with Crippen LogP contribution in [0.15, 0.2) is 11.4 Å². The summed E-state index contributed by atoms with van der Waals surface area (Å²) in [5, 5.41) is 15.8. The predicted molar refractivity (Wildman–Crippen MR) is 83.6 cm³/mol. The van der Waals surface area contributed by atoms with Gasteiger partial charge in [-0.15, -0.1) is 11.3 Å². The quantitative estimate of drug-likeness (QED) is 0.905. The van der Waals surface area contributed by atoms with Crippen LogP contribution in [0, 0.1) is 5.92 Å². The van der Waals surface area contributed by atoms with E-state index in [-0.39, 0.29) is 6.61 Å². The summed E-state index contributed by atoms with van der Waals surface area (Å²) < 4.78 is 0. The molecule has 20 heavy (non-hydrogen) atoms. The molecular weight excluding hydrogens is 272 g/mol. The molecule has 0 spiro atoms. The van der Waals surface area contributed by atoms with E-state index < -0.39 is 0 Å². The van der Waals surface area contributed by atoms with Gasteiger partial charge in [0.15, 0.2) is 0 Å². The zero-order valence-electron chi connectivity index (χ0n) is 11.7. The van der Waals surface area contributed by atoms with Gasteiger partial charge in [-0.3, -0.25) is 0 Å². The van der Waals surface area contributed by atoms with Crippen LogP contribution in [0.1, 0.15) is 19.8 Å². The first-order valence-electron chi connectivity index (χ1n) is 7.16. The van der Waals surface area contributed by atoms with Gasteiger partial charge in [-0.05, 0) is 37.1 Å². The average Bonchev–Trinajstić information content (AvgIpc) is 2.95. The van der Waals surface area contributed by atoms with Gasteiger partial charge < -0.3 is 15.3 Å². The van der Waals surface area contributed by atoms with E-state index in [1.807, 2.05) is 6.92 Å². The van der Waals surface area contributed by atoms with Crippen molar-refractivity contribution in [3.05, 3.63) is 11.4 Å². The molecule has 1 saturated heterocycles. The van der Waals surface area contributed by atoms with Crippen molar-refractivity contribution in [3.63, 3.8) is 0 Å². The van der Waals surface area contributed by atoms with Crippen LogP contribution < -0.4 is 10.2 Å². The van der Waals surface area contributed by atoms with Crippen LogP contribution in [-0.4, -0.2) is 41.3 Å². The summed E-state index contributed by atoms with van der Waals surface area (Å²) in [6.45, 7) is 5.00. The molecule has 1 aliphatic rings. The molecule has 1 unspecified atom stereocenters. The number of nitrogens with zero attached hydrogens (tertiary/aromatic N) is 3. The Balaban J connectivity index is 1.98. The van der Waals surface area contributed by atoms with Gasteiger partial charge >= 0.3 is 0 Å². The van der Waals surface area contributed by atoms with Gasteiger partial charge in [-0.1, -0.05) is 0 Å². The highest BCUT2D eigenvalue weighted by molar-refractivity contribution is 7.16. The maximum absolute atomic E-state index is 9.40. The van der Waals surface area contributed by atoms with Gasteiger partial charge in [0.05, 0.1) is 5.39 Å². The molecule has 108 valence electrons. The molecule has 1 fully saturated rings. The first-order valence-corrected chi connectivity index (χ1v) is 8.04. The summed E-state index contributed by atoms with van der Waals surface area (Å²) >= 11 is 1.64. The molecule has 0 aliphatic carbocycles. The lowest BCUT2D eigenvalue weighted by molar-refractivity contribution is 0.208. The molecule has 3 heterocycles. The number of aromatic nitrogens is 2. The second kappa shape index (κ2) is 5.93. The summed E-state index contributed by atoms with van der Waals surface area (Å²) in [6, 6.07) is 2.09. The highest BCUT2D eigenvalue weighted by atomic mass is 32.1. The van der Waals surface area contributed by atoms with E-state index in [4.69, 9.17) is 0 Å². The molecule has 1 atom stereocenters. The fourth-order valence-corrected chi connectivity index (χ4v) is 3.48. The Morgan fingerprint density at radius 1 is 1.50 bits per heavy atom. The largest absolute Gasteiger partial charge is 0.396 e. The molecule has 0 radical (unpaired) electrons. The minimum Gasteiger partial charge on any atom is -0.396 e. The molecule has 0 aromatic carbocycles. The normalized spacial score (nSPS) is 19.5. The van der Waals surface area contributed by atoms with Gasteiger partial charge in [0.2, 0.25) is 5.95 Å². The Morgan fingerprint density at radius 3 is 3.20 bits per heavy atom. The Hall–Kier alpha value is -1.40. The van der Waals surface area contributed by atoms with E-state index in [0.717, 1.165) is 48.5 Å². The van der Waals surface area contributed by atoms with Crippen molar-refractivity contribution >= 4 is 33.3 Å². The smallest absolute Gasteiger partial charge is 0.226 e. The molecule has 2 aromatic heterocycles. The summed E-state index contributed by atoms with van der Waals surface area (Å²) in [5.74, 6) is 2.06. The Bertz CT molecular complexity index is 586. The third kappa shape index (κ3) is 2.58. The first kappa shape index (κ1) is 13.6. The molecule has 0 saturated carbocycles. The minimum atomic E-state index is 0.258. The van der Waals surface area contributed by atoms with Gasteiger partial charge in [0.1, 0.15) is 10.6 Å². The number of hydrogen-bond donors (Lipinski definition) is 2. The number of thiophene rings is 1. The highest BCUT2D eigenvalue weighted by Crippen LogP contribution is 2.31. The molecule has 3 rings (SSSR count). The number of anilines is 2. The molecule has 1 aliphatic heterocycles. The van der Waals surface area contributed by atoms with E-state index in [1.54, 1.807) is 11.3 Å². The fraction of sp³-hybridized carbons (Fsp3) is 0.571. The second-order valence-corrected chi connectivity index (χ2v) is 6.07. The Kier molecular flexibility index (Phi) is 4.03. The first-order chi connectivity index (χ1) is 9.81. The summed E-state index contributed by atoms with van der Waals surface area (Å²) in [6.07, 6.45) is 2.21. The van der Waals surface area contributed by atoms with Crippen molar-refractivity contribution in [1.82, 2.24) is 9.97 Å². The van der Waals surface area contributed by atoms with Gasteiger partial charge in [0.25, 0.3) is 0 Å². The monoisotopic (exact) mass is 292 g/mol. The second-order valence-electron chi connectivity index (χ2n) is 5.18. The lowest BCUT2D eigenvalue weighted by Crippen LogP contribution is -2.37. The van der Waals surface area contributed by atoms with Crippen LogP contribution in [0.4, 0.5) is 11.8 Å². The molecule has 2 aromatic rings. The maximum atomic E-state index is 9.40. The maximum Gasteiger partial charge on any atom is 0.226 e. The third-order valence-corrected chi connectivity index (χ3v) is 4.52. The molecule has 6 heteroatoms. The third-order valence-electron chi connectivity index (χ3n) is 3.72. The standard InChI is InChI=1S/C14H20N4OS/c1-2-15-14-16-12(11-5-7-20-13(11)17-14)18-6-3-4-10(8-18)9-19/h5,7,10,19H,2-4,6,8-9H2,1H3,(H,15,16,17). The van der Waals surface area contributed by atoms with Crippen molar-refractivity contribution < 1.29 is 5.11 Å². The fourth-order valence-electron chi connectivity index (χ4n) is 2.72. The van der Waals surface area contributed by atoms with Crippen LogP contribution in [0.5, 0.6) is 0 Å². The summed E-state index contributed by atoms with van der Waals surface area (Å²) in [5.41, 5.74) is 0. The van der Waals surface area contributed by atoms with Crippen molar-refractivity contribution in [2.75, 3.05) is 36.5 Å². The predicted octanol–water partition coefficient (Wildman–Crippen LogP) is 2.33. The van der Waals surface area contributed by atoms with E-state index in [2.05, 4.69) is 31.6 Å². The zero-order chi connectivity index (χ0) is 13.9. The van der Waals surface area contributed by atoms with Gasteiger partial charge in [-0.2, -0.15) is 4.98 Å². The highest BCUT2D eigenvalue weighted by Gasteiger charge is 2.22. The van der Waals surface area contributed by atoms with Crippen molar-refractivity contribution in [3.8, 4) is 0 Å². The van der Waals surface area contributed by atoms with Crippen LogP contribution >= 0.6 is 11.3 Å². The Morgan fingerprint density at radius 2 is 2.40 bits per heavy atom. The number of aliphatic hydroxyl groups excluding tert-OH is 1. The zero-order valence-corrected chi connectivity index (χ0v) is 12.5. The number of fused-ring (bicyclic) bond motifs is 1. The van der Waals surface area contributed by atoms with E-state index in [1.165, 1.54) is 0 Å². The van der Waals surface area contributed by atoms with Crippen LogP contribution in [-0.2, 0) is 0 Å². The number of rotatable bonds is 4. The lowest BCUT2D eigenvalue weighted by Gasteiger charge is -2.33. The van der Waals surface area contributed by atoms with Crippen molar-refractivity contribution in [1.29, 1.82) is 0 Å². The lowest BCUT2D eigenvalue weighted by atomic mass is 9.99. The van der Waals surface area contributed by atoms with Crippen LogP contribution in [0.3, 0.4) is 0 Å². The van der Waals surface area contributed by atoms with E-state index in [0.29, 0.717) is 11.9 Å². The van der Waals surface area contributed by atoms with Crippen molar-refractivity contribution in [2.45, 2.75) is 19.8 Å². The number of nitrogens with one attached hydrogen (secondary N) is 1. The van der Waals surface area contributed by atoms with E-state index in [9.17, 15) is 5.11 Å². The number of aliphatic hydroxyl groups is 1. The van der Waals surface area contributed by atoms with Crippen LogP contribution in [0.2, 0.25) is 0 Å². The minimum absolute atomic E-state index is 0.258. The SMILES string of the molecule is CCNc1nc(N2CCCC(CO)C2)c2ccsc2n1. The molecular formula is C14H20N4OS. The van der Waals surface area contributed by atoms with Crippen LogP contribution in [0.25, 0.3) is 10.2 Å². The van der Waals surface area contributed by atoms with Crippen molar-refractivity contribution in [2.24, 2.45) is 5.92 Å². The van der Waals surface area contributed by atoms with E-state index >= 15 is 0 Å².